The van der Waals surface area contributed by atoms with Crippen LogP contribution in [0.3, 0.4) is 0 Å². The maximum atomic E-state index is 11.8. The molecule has 3 aromatic rings. The summed E-state index contributed by atoms with van der Waals surface area (Å²) in [5, 5.41) is 14.0. The first kappa shape index (κ1) is 18.3. The number of aromatic hydroxyl groups is 1. The highest BCUT2D eigenvalue weighted by Crippen LogP contribution is 2.29. The number of hydrogen-bond donors (Lipinski definition) is 1. The number of benzene rings is 2. The van der Waals surface area contributed by atoms with Crippen LogP contribution < -0.4 is 9.47 Å². The van der Waals surface area contributed by atoms with Crippen LogP contribution in [0.15, 0.2) is 54.6 Å². The quantitative estimate of drug-likeness (QED) is 0.725. The molecule has 1 aromatic heterocycles. The Bertz CT molecular complexity index is 915. The molecule has 0 fully saturated rings. The number of phenolic OH excluding ortho intramolecular Hbond substituents is 1. The summed E-state index contributed by atoms with van der Waals surface area (Å²) >= 11 is 0. The molecule has 7 nitrogen and oxygen atoms in total. The predicted molar refractivity (Wildman–Crippen MR) is 101 cm³/mol. The highest BCUT2D eigenvalue weighted by molar-refractivity contribution is 5.77. The van der Waals surface area contributed by atoms with Gasteiger partial charge >= 0.3 is 0 Å². The van der Waals surface area contributed by atoms with Crippen molar-refractivity contribution in [1.29, 1.82) is 0 Å². The van der Waals surface area contributed by atoms with Crippen molar-refractivity contribution in [1.82, 2.24) is 14.7 Å². The number of rotatable bonds is 6. The van der Waals surface area contributed by atoms with Crippen molar-refractivity contribution >= 4 is 5.91 Å². The number of phenols is 1. The van der Waals surface area contributed by atoms with Crippen molar-refractivity contribution in [2.24, 2.45) is 0 Å². The van der Waals surface area contributed by atoms with Crippen LogP contribution in [0.25, 0.3) is 16.9 Å². The Morgan fingerprint density at radius 1 is 1.11 bits per heavy atom. The van der Waals surface area contributed by atoms with E-state index in [1.165, 1.54) is 4.90 Å². The van der Waals surface area contributed by atoms with E-state index in [-0.39, 0.29) is 18.3 Å². The molecule has 0 aliphatic heterocycles. The Morgan fingerprint density at radius 3 is 2.37 bits per heavy atom. The van der Waals surface area contributed by atoms with E-state index < -0.39 is 0 Å². The zero-order chi connectivity index (χ0) is 19.4. The zero-order valence-corrected chi connectivity index (χ0v) is 15.4. The number of methoxy groups -OCH3 is 1. The van der Waals surface area contributed by atoms with Crippen LogP contribution in [0.4, 0.5) is 0 Å². The van der Waals surface area contributed by atoms with Gasteiger partial charge in [-0.1, -0.05) is 0 Å². The lowest BCUT2D eigenvalue weighted by atomic mass is 10.1. The third-order valence-electron chi connectivity index (χ3n) is 4.01. The first-order valence-corrected chi connectivity index (χ1v) is 8.35. The number of ether oxygens (including phenoxy) is 2. The second-order valence-electron chi connectivity index (χ2n) is 6.10. The lowest BCUT2D eigenvalue weighted by molar-refractivity contribution is -0.130. The molecule has 0 bridgehead atoms. The number of amides is 1. The Labute approximate surface area is 157 Å². The average molecular weight is 367 g/mol. The molecule has 0 unspecified atom stereocenters. The van der Waals surface area contributed by atoms with E-state index in [1.54, 1.807) is 56.2 Å². The molecule has 2 aromatic carbocycles. The number of carbonyl (C=O) groups is 1. The summed E-state index contributed by atoms with van der Waals surface area (Å²) in [6.07, 6.45) is 0. The van der Waals surface area contributed by atoms with Gasteiger partial charge in [-0.2, -0.15) is 0 Å². The van der Waals surface area contributed by atoms with Crippen LogP contribution >= 0.6 is 0 Å². The predicted octanol–water partition coefficient (Wildman–Crippen LogP) is 2.72. The molecule has 0 atom stereocenters. The smallest absolute Gasteiger partial charge is 0.260 e. The fourth-order valence-corrected chi connectivity index (χ4v) is 2.45. The molecule has 0 saturated heterocycles. The Balaban J connectivity index is 1.98. The molecule has 3 rings (SSSR count). The molecule has 0 saturated carbocycles. The second-order valence-corrected chi connectivity index (χ2v) is 6.10. The first-order chi connectivity index (χ1) is 13.0. The van der Waals surface area contributed by atoms with Crippen molar-refractivity contribution in [2.75, 3.05) is 27.8 Å². The Morgan fingerprint density at radius 2 is 1.78 bits per heavy atom. The van der Waals surface area contributed by atoms with E-state index in [1.807, 2.05) is 24.3 Å². The summed E-state index contributed by atoms with van der Waals surface area (Å²) in [4.78, 5) is 13.2. The first-order valence-electron chi connectivity index (χ1n) is 8.35. The number of nitrogens with zero attached hydrogens (tertiary/aromatic N) is 3. The van der Waals surface area contributed by atoms with Crippen LogP contribution in [-0.4, -0.2) is 53.5 Å². The molecular weight excluding hydrogens is 346 g/mol. The molecule has 0 aliphatic carbocycles. The standard InChI is InChI=1S/C20H21N3O4/c1-22(2)20(25)13-27-19-12-18(14-4-8-16(24)9-5-14)23(21-19)15-6-10-17(26-3)11-7-15/h4-12,24H,13H2,1-3H3. The van der Waals surface area contributed by atoms with Crippen molar-refractivity contribution in [3.05, 3.63) is 54.6 Å². The van der Waals surface area contributed by atoms with Crippen LogP contribution in [-0.2, 0) is 4.79 Å². The molecule has 0 aliphatic rings. The summed E-state index contributed by atoms with van der Waals surface area (Å²) < 4.78 is 12.5. The van der Waals surface area contributed by atoms with Crippen LogP contribution in [0, 0.1) is 0 Å². The van der Waals surface area contributed by atoms with E-state index in [0.717, 1.165) is 22.7 Å². The van der Waals surface area contributed by atoms with Gasteiger partial charge in [0.15, 0.2) is 6.61 Å². The van der Waals surface area contributed by atoms with Crippen molar-refractivity contribution < 1.29 is 19.4 Å². The van der Waals surface area contributed by atoms with E-state index in [9.17, 15) is 9.90 Å². The fourth-order valence-electron chi connectivity index (χ4n) is 2.45. The van der Waals surface area contributed by atoms with Gasteiger partial charge in [-0.25, -0.2) is 4.68 Å². The van der Waals surface area contributed by atoms with Crippen LogP contribution in [0.1, 0.15) is 0 Å². The minimum atomic E-state index is -0.153. The summed E-state index contributed by atoms with van der Waals surface area (Å²) in [5.74, 6) is 1.11. The minimum absolute atomic E-state index is 0.0956. The average Bonchev–Trinajstić information content (AvgIpc) is 3.11. The van der Waals surface area contributed by atoms with Gasteiger partial charge < -0.3 is 19.5 Å². The third-order valence-corrected chi connectivity index (χ3v) is 4.01. The van der Waals surface area contributed by atoms with Gasteiger partial charge in [-0.05, 0) is 48.5 Å². The minimum Gasteiger partial charge on any atom is -0.508 e. The van der Waals surface area contributed by atoms with E-state index >= 15 is 0 Å². The van der Waals surface area contributed by atoms with E-state index in [2.05, 4.69) is 5.10 Å². The van der Waals surface area contributed by atoms with Gasteiger partial charge in [0.2, 0.25) is 5.88 Å². The molecule has 1 N–H and O–H groups in total. The second kappa shape index (κ2) is 7.82. The van der Waals surface area contributed by atoms with Gasteiger partial charge in [0, 0.05) is 25.7 Å². The van der Waals surface area contributed by atoms with Gasteiger partial charge in [-0.15, -0.1) is 5.10 Å². The number of carbonyl (C=O) groups excluding carboxylic acids is 1. The molecule has 27 heavy (non-hydrogen) atoms. The summed E-state index contributed by atoms with van der Waals surface area (Å²) in [5.41, 5.74) is 2.44. The SMILES string of the molecule is COc1ccc(-n2nc(OCC(=O)N(C)C)cc2-c2ccc(O)cc2)cc1. The van der Waals surface area contributed by atoms with E-state index in [4.69, 9.17) is 9.47 Å². The van der Waals surface area contributed by atoms with Gasteiger partial charge in [0.1, 0.15) is 11.5 Å². The summed E-state index contributed by atoms with van der Waals surface area (Å²) in [6.45, 7) is -0.0956. The molecule has 7 heteroatoms. The summed E-state index contributed by atoms with van der Waals surface area (Å²) in [7, 11) is 4.95. The maximum Gasteiger partial charge on any atom is 0.260 e. The zero-order valence-electron chi connectivity index (χ0n) is 15.4. The van der Waals surface area contributed by atoms with E-state index in [0.29, 0.717) is 5.88 Å². The molecule has 0 spiro atoms. The number of aromatic nitrogens is 2. The number of hydrogen-bond acceptors (Lipinski definition) is 5. The van der Waals surface area contributed by atoms with Crippen LogP contribution in [0.2, 0.25) is 0 Å². The molecule has 1 amide bonds. The highest BCUT2D eigenvalue weighted by Gasteiger charge is 2.14. The molecular formula is C20H21N3O4. The van der Waals surface area contributed by atoms with Crippen molar-refractivity contribution in [3.8, 4) is 34.3 Å². The maximum absolute atomic E-state index is 11.8. The van der Waals surface area contributed by atoms with Crippen LogP contribution in [0.5, 0.6) is 17.4 Å². The molecule has 1 heterocycles. The van der Waals surface area contributed by atoms with Gasteiger partial charge in [0.25, 0.3) is 5.91 Å². The monoisotopic (exact) mass is 367 g/mol. The summed E-state index contributed by atoms with van der Waals surface area (Å²) in [6, 6.07) is 16.0. The fraction of sp³-hybridized carbons (Fsp3) is 0.200. The highest BCUT2D eigenvalue weighted by atomic mass is 16.5. The lowest BCUT2D eigenvalue weighted by Gasteiger charge is -2.09. The number of likely N-dealkylation sites (N-methyl/N-ethyl adjacent to an activating group) is 1. The van der Waals surface area contributed by atoms with Gasteiger partial charge in [0.05, 0.1) is 18.5 Å². The van der Waals surface area contributed by atoms with Crippen molar-refractivity contribution in [3.63, 3.8) is 0 Å². The van der Waals surface area contributed by atoms with Crippen molar-refractivity contribution in [2.45, 2.75) is 0 Å². The Hall–Kier alpha value is -3.48. The molecule has 0 radical (unpaired) electrons. The lowest BCUT2D eigenvalue weighted by Crippen LogP contribution is -2.27. The third kappa shape index (κ3) is 4.20. The topological polar surface area (TPSA) is 76.8 Å². The molecule has 140 valence electrons. The normalized spacial score (nSPS) is 10.5. The Kier molecular flexibility index (Phi) is 5.30. The largest absolute Gasteiger partial charge is 0.508 e. The van der Waals surface area contributed by atoms with Gasteiger partial charge in [-0.3, -0.25) is 4.79 Å².